The molecule has 3 N–H and O–H groups in total. The van der Waals surface area contributed by atoms with Crippen LogP contribution in [0.4, 0.5) is 0 Å². The Kier molecular flexibility index (Phi) is 7.85. The minimum atomic E-state index is -0.534. The Morgan fingerprint density at radius 2 is 1.89 bits per heavy atom. The van der Waals surface area contributed by atoms with E-state index in [2.05, 4.69) is 32.1 Å². The van der Waals surface area contributed by atoms with E-state index in [0.717, 1.165) is 10.0 Å². The van der Waals surface area contributed by atoms with E-state index in [-0.39, 0.29) is 22.3 Å². The molecule has 0 radical (unpaired) electrons. The summed E-state index contributed by atoms with van der Waals surface area (Å²) >= 11 is 20.0. The number of hydrogen-bond acceptors (Lipinski definition) is 4. The molecule has 0 atom stereocenters. The lowest BCUT2D eigenvalue weighted by atomic mass is 10.2. The summed E-state index contributed by atoms with van der Waals surface area (Å²) in [5.41, 5.74) is 6.01. The van der Waals surface area contributed by atoms with Crippen molar-refractivity contribution in [3.05, 3.63) is 62.0 Å². The van der Waals surface area contributed by atoms with Gasteiger partial charge in [0.15, 0.2) is 11.7 Å². The van der Waals surface area contributed by atoms with Crippen molar-refractivity contribution in [2.75, 3.05) is 6.61 Å². The molecule has 2 aromatic rings. The van der Waals surface area contributed by atoms with Crippen molar-refractivity contribution in [1.29, 1.82) is 0 Å². The second-order valence-corrected chi connectivity index (χ2v) is 7.41. The van der Waals surface area contributed by atoms with Crippen molar-refractivity contribution in [1.82, 2.24) is 16.2 Å². The Balaban J connectivity index is 1.79. The average Bonchev–Trinajstić information content (AvgIpc) is 2.59. The molecule has 2 rings (SSSR count). The van der Waals surface area contributed by atoms with Gasteiger partial charge in [-0.2, -0.15) is 0 Å². The molecule has 0 unspecified atom stereocenters. The number of hydrazine groups is 1. The number of nitrogens with one attached hydrogen (secondary N) is 3. The second-order valence-electron chi connectivity index (χ2n) is 5.30. The summed E-state index contributed by atoms with van der Waals surface area (Å²) in [5, 5.41) is 2.89. The smallest absolute Gasteiger partial charge is 0.271 e. The molecule has 0 heterocycles. The monoisotopic (exact) mass is 489 g/mol. The zero-order chi connectivity index (χ0) is 20.0. The summed E-state index contributed by atoms with van der Waals surface area (Å²) in [7, 11) is 0. The van der Waals surface area contributed by atoms with Gasteiger partial charge in [-0.15, -0.1) is 0 Å². The highest BCUT2D eigenvalue weighted by atomic mass is 79.9. The normalized spacial score (nSPS) is 10.1. The number of hydrogen-bond donors (Lipinski definition) is 3. The van der Waals surface area contributed by atoms with Crippen LogP contribution in [0.1, 0.15) is 15.9 Å². The largest absolute Gasteiger partial charge is 0.483 e. The van der Waals surface area contributed by atoms with E-state index in [1.165, 1.54) is 18.2 Å². The fourth-order valence-electron chi connectivity index (χ4n) is 1.91. The number of benzene rings is 2. The lowest BCUT2D eigenvalue weighted by Crippen LogP contribution is -2.49. The van der Waals surface area contributed by atoms with E-state index in [1.54, 1.807) is 6.07 Å². The van der Waals surface area contributed by atoms with Crippen LogP contribution in [0.15, 0.2) is 40.9 Å². The fourth-order valence-corrected chi connectivity index (χ4v) is 3.18. The van der Waals surface area contributed by atoms with Crippen LogP contribution in [0.5, 0.6) is 5.75 Å². The van der Waals surface area contributed by atoms with E-state index < -0.39 is 11.8 Å². The minimum Gasteiger partial charge on any atom is -0.483 e. The summed E-state index contributed by atoms with van der Waals surface area (Å²) < 4.78 is 6.15. The molecule has 2 amide bonds. The summed E-state index contributed by atoms with van der Waals surface area (Å²) in [6.07, 6.45) is 0. The van der Waals surface area contributed by atoms with Gasteiger partial charge in [0.2, 0.25) is 0 Å². The van der Waals surface area contributed by atoms with Gasteiger partial charge >= 0.3 is 0 Å². The van der Waals surface area contributed by atoms with Gasteiger partial charge in [-0.1, -0.05) is 29.3 Å². The van der Waals surface area contributed by atoms with Crippen molar-refractivity contribution < 1.29 is 14.3 Å². The first-order valence-corrected chi connectivity index (χ1v) is 9.46. The quantitative estimate of drug-likeness (QED) is 0.449. The molecule has 27 heavy (non-hydrogen) atoms. The van der Waals surface area contributed by atoms with Crippen LogP contribution < -0.4 is 20.9 Å². The van der Waals surface area contributed by atoms with Gasteiger partial charge in [-0.05, 0) is 71.0 Å². The number of aryl methyl sites for hydroxylation is 1. The third kappa shape index (κ3) is 6.66. The standard InChI is InChI=1S/C17H14BrCl2N3O3S/c1-9-2-5-14(12(18)6-9)26-8-15(24)21-17(27)23-22-16(25)11-4-3-10(19)7-13(11)20/h2-7H,8H2,1H3,(H,22,25)(H2,21,23,24,27). The van der Waals surface area contributed by atoms with Crippen LogP contribution in [0.25, 0.3) is 0 Å². The third-order valence-electron chi connectivity index (χ3n) is 3.16. The lowest BCUT2D eigenvalue weighted by molar-refractivity contribution is -0.121. The van der Waals surface area contributed by atoms with E-state index in [1.807, 2.05) is 19.1 Å². The molecule has 142 valence electrons. The van der Waals surface area contributed by atoms with Crippen LogP contribution in [0.3, 0.4) is 0 Å². The molecule has 0 bridgehead atoms. The predicted octanol–water partition coefficient (Wildman–Crippen LogP) is 3.78. The Hall–Kier alpha value is -1.87. The van der Waals surface area contributed by atoms with Crippen molar-refractivity contribution in [2.24, 2.45) is 0 Å². The van der Waals surface area contributed by atoms with Crippen LogP contribution in [-0.2, 0) is 4.79 Å². The summed E-state index contributed by atoms with van der Waals surface area (Å²) in [4.78, 5) is 23.9. The molecule has 0 fully saturated rings. The fraction of sp³-hybridized carbons (Fsp3) is 0.118. The van der Waals surface area contributed by atoms with Crippen LogP contribution in [-0.4, -0.2) is 23.5 Å². The topological polar surface area (TPSA) is 79.5 Å². The SMILES string of the molecule is Cc1ccc(OCC(=O)NC(=S)NNC(=O)c2ccc(Cl)cc2Cl)c(Br)c1. The number of amides is 2. The maximum absolute atomic E-state index is 12.0. The number of thiocarbonyl (C=S) groups is 1. The highest BCUT2D eigenvalue weighted by molar-refractivity contribution is 9.10. The first-order chi connectivity index (χ1) is 12.8. The average molecular weight is 491 g/mol. The molecule has 0 saturated heterocycles. The molecule has 0 saturated carbocycles. The van der Waals surface area contributed by atoms with Crippen LogP contribution >= 0.6 is 51.3 Å². The van der Waals surface area contributed by atoms with Crippen LogP contribution in [0, 0.1) is 6.92 Å². The van der Waals surface area contributed by atoms with Gasteiger partial charge in [0.25, 0.3) is 11.8 Å². The van der Waals surface area contributed by atoms with Gasteiger partial charge < -0.3 is 4.74 Å². The van der Waals surface area contributed by atoms with E-state index in [0.29, 0.717) is 10.8 Å². The third-order valence-corrected chi connectivity index (χ3v) is 4.54. The summed E-state index contributed by atoms with van der Waals surface area (Å²) in [6, 6.07) is 9.93. The second kappa shape index (κ2) is 9.89. The summed E-state index contributed by atoms with van der Waals surface area (Å²) in [6.45, 7) is 1.69. The number of halogens is 3. The van der Waals surface area contributed by atoms with E-state index >= 15 is 0 Å². The van der Waals surface area contributed by atoms with Crippen molar-refractivity contribution in [3.8, 4) is 5.75 Å². The maximum atomic E-state index is 12.0. The summed E-state index contributed by atoms with van der Waals surface area (Å²) in [5.74, 6) is -0.493. The Bertz CT molecular complexity index is 896. The molecular weight excluding hydrogens is 477 g/mol. The number of carbonyl (C=O) groups is 2. The highest BCUT2D eigenvalue weighted by Gasteiger charge is 2.12. The van der Waals surface area contributed by atoms with E-state index in [9.17, 15) is 9.59 Å². The molecular formula is C17H14BrCl2N3O3S. The van der Waals surface area contributed by atoms with E-state index in [4.69, 9.17) is 40.2 Å². The molecule has 6 nitrogen and oxygen atoms in total. The van der Waals surface area contributed by atoms with Crippen molar-refractivity contribution in [3.63, 3.8) is 0 Å². The molecule has 0 aliphatic carbocycles. The number of rotatable bonds is 4. The zero-order valence-electron chi connectivity index (χ0n) is 13.9. The Morgan fingerprint density at radius 1 is 1.15 bits per heavy atom. The Labute approximate surface area is 179 Å². The predicted molar refractivity (Wildman–Crippen MR) is 112 cm³/mol. The first-order valence-electron chi connectivity index (χ1n) is 7.50. The zero-order valence-corrected chi connectivity index (χ0v) is 17.9. The van der Waals surface area contributed by atoms with Crippen LogP contribution in [0.2, 0.25) is 10.0 Å². The lowest BCUT2D eigenvalue weighted by Gasteiger charge is -2.12. The van der Waals surface area contributed by atoms with Crippen molar-refractivity contribution >= 4 is 68.3 Å². The number of ether oxygens (including phenoxy) is 1. The molecule has 0 aromatic heterocycles. The van der Waals surface area contributed by atoms with Crippen molar-refractivity contribution in [2.45, 2.75) is 6.92 Å². The van der Waals surface area contributed by atoms with Gasteiger partial charge in [-0.25, -0.2) is 0 Å². The van der Waals surface area contributed by atoms with Gasteiger partial charge in [0, 0.05) is 5.02 Å². The molecule has 0 spiro atoms. The van der Waals surface area contributed by atoms with Gasteiger partial charge in [0.05, 0.1) is 15.1 Å². The van der Waals surface area contributed by atoms with Gasteiger partial charge in [-0.3, -0.25) is 25.8 Å². The highest BCUT2D eigenvalue weighted by Crippen LogP contribution is 2.25. The number of carbonyl (C=O) groups excluding carboxylic acids is 2. The molecule has 0 aliphatic heterocycles. The molecule has 10 heteroatoms. The maximum Gasteiger partial charge on any atom is 0.271 e. The minimum absolute atomic E-state index is 0.0926. The Morgan fingerprint density at radius 3 is 2.56 bits per heavy atom. The van der Waals surface area contributed by atoms with Gasteiger partial charge in [0.1, 0.15) is 5.75 Å². The first kappa shape index (κ1) is 21.4. The molecule has 2 aromatic carbocycles. The molecule has 0 aliphatic rings.